The molecule has 1 N–H and O–H groups in total. The molecule has 7 nitrogen and oxygen atoms in total. The molecule has 2 aliphatic heterocycles. The van der Waals surface area contributed by atoms with Gasteiger partial charge in [0, 0.05) is 6.54 Å². The summed E-state index contributed by atoms with van der Waals surface area (Å²) in [7, 11) is 1.58. The molecule has 144 valence electrons. The van der Waals surface area contributed by atoms with Crippen LogP contribution in [0, 0.1) is 0 Å². The van der Waals surface area contributed by atoms with Crippen molar-refractivity contribution >= 4 is 11.9 Å². The van der Waals surface area contributed by atoms with Gasteiger partial charge in [-0.25, -0.2) is 4.79 Å². The number of nitrogens with one attached hydrogen (secondary N) is 1. The fraction of sp³-hybridized carbons (Fsp3) is 0.238. The van der Waals surface area contributed by atoms with Crippen molar-refractivity contribution in [2.45, 2.75) is 12.6 Å². The largest absolute Gasteiger partial charge is 0.497 e. The van der Waals surface area contributed by atoms with Gasteiger partial charge < -0.3 is 19.4 Å². The molecule has 4 rings (SSSR count). The van der Waals surface area contributed by atoms with Gasteiger partial charge in [0.2, 0.25) is 0 Å². The minimum absolute atomic E-state index is 0.117. The number of amides is 3. The summed E-state index contributed by atoms with van der Waals surface area (Å²) in [4.78, 5) is 29.3. The molecular weight excluding hydrogens is 358 g/mol. The summed E-state index contributed by atoms with van der Waals surface area (Å²) in [5.41, 5.74) is 2.07. The number of rotatable bonds is 6. The third kappa shape index (κ3) is 3.05. The molecule has 0 bridgehead atoms. The quantitative estimate of drug-likeness (QED) is 0.783. The van der Waals surface area contributed by atoms with Gasteiger partial charge in [0.1, 0.15) is 11.5 Å². The number of nitrogens with zero attached hydrogens (tertiary/aromatic N) is 2. The molecule has 3 amide bonds. The van der Waals surface area contributed by atoms with Gasteiger partial charge in [0.15, 0.2) is 0 Å². The average Bonchev–Trinajstić information content (AvgIpc) is 3.33. The lowest BCUT2D eigenvalue weighted by Gasteiger charge is -2.33. The van der Waals surface area contributed by atoms with Gasteiger partial charge in [0.25, 0.3) is 5.91 Å². The number of furan rings is 1. The zero-order valence-corrected chi connectivity index (χ0v) is 15.6. The molecule has 2 aromatic rings. The number of hydrogen-bond acceptors (Lipinski definition) is 4. The normalized spacial score (nSPS) is 19.0. The van der Waals surface area contributed by atoms with Crippen LogP contribution in [0.2, 0.25) is 0 Å². The van der Waals surface area contributed by atoms with E-state index >= 15 is 0 Å². The molecule has 1 aromatic heterocycles. The van der Waals surface area contributed by atoms with Crippen molar-refractivity contribution in [1.82, 2.24) is 15.1 Å². The van der Waals surface area contributed by atoms with Gasteiger partial charge in [-0.3, -0.25) is 9.69 Å². The summed E-state index contributed by atoms with van der Waals surface area (Å²) in [6, 6.07) is 10.2. The Kier molecular flexibility index (Phi) is 4.65. The number of carbonyl (C=O) groups is 2. The molecule has 28 heavy (non-hydrogen) atoms. The first-order chi connectivity index (χ1) is 13.6. The minimum Gasteiger partial charge on any atom is -0.497 e. The fourth-order valence-corrected chi connectivity index (χ4v) is 3.66. The summed E-state index contributed by atoms with van der Waals surface area (Å²) in [5, 5.41) is 2.95. The maximum Gasteiger partial charge on any atom is 0.322 e. The van der Waals surface area contributed by atoms with E-state index in [1.807, 2.05) is 30.3 Å². The van der Waals surface area contributed by atoms with Crippen LogP contribution in [0.5, 0.6) is 5.75 Å². The van der Waals surface area contributed by atoms with Crippen LogP contribution in [0.4, 0.5) is 4.79 Å². The number of benzene rings is 1. The number of carbonyl (C=O) groups excluding carboxylic acids is 2. The summed E-state index contributed by atoms with van der Waals surface area (Å²) in [5.74, 6) is 1.24. The van der Waals surface area contributed by atoms with Crippen molar-refractivity contribution in [3.8, 4) is 5.75 Å². The summed E-state index contributed by atoms with van der Waals surface area (Å²) in [6.45, 7) is 4.75. The van der Waals surface area contributed by atoms with Crippen LogP contribution in [0.1, 0.15) is 17.4 Å². The molecule has 0 saturated heterocycles. The number of hydrogen-bond donors (Lipinski definition) is 1. The van der Waals surface area contributed by atoms with Crippen molar-refractivity contribution in [2.75, 3.05) is 20.2 Å². The SMILES string of the molecule is C=CCN1C(=O)N[C@@H](c2cccc(OC)c2)C2=C1CN(Cc1ccco1)C2=O. The Morgan fingerprint density at radius 3 is 2.89 bits per heavy atom. The zero-order chi connectivity index (χ0) is 19.7. The number of methoxy groups -OCH3 is 1. The summed E-state index contributed by atoms with van der Waals surface area (Å²) >= 11 is 0. The zero-order valence-electron chi connectivity index (χ0n) is 15.6. The van der Waals surface area contributed by atoms with Gasteiger partial charge >= 0.3 is 6.03 Å². The van der Waals surface area contributed by atoms with E-state index in [0.717, 1.165) is 5.56 Å². The van der Waals surface area contributed by atoms with E-state index < -0.39 is 6.04 Å². The molecule has 1 atom stereocenters. The molecule has 0 aliphatic carbocycles. The standard InChI is InChI=1S/C21H21N3O4/c1-3-9-24-17-13-23(12-16-8-5-10-28-16)20(25)18(17)19(22-21(24)26)14-6-4-7-15(11-14)27-2/h3-8,10-11,19H,1,9,12-13H2,2H3,(H,22,26)/t19-/m0/s1. The first kappa shape index (κ1) is 17.9. The van der Waals surface area contributed by atoms with Gasteiger partial charge in [-0.15, -0.1) is 6.58 Å². The molecule has 0 unspecified atom stereocenters. The lowest BCUT2D eigenvalue weighted by Crippen LogP contribution is -2.47. The Morgan fingerprint density at radius 1 is 1.32 bits per heavy atom. The van der Waals surface area contributed by atoms with Crippen LogP contribution >= 0.6 is 0 Å². The summed E-state index contributed by atoms with van der Waals surface area (Å²) < 4.78 is 10.7. The molecule has 1 aromatic carbocycles. The predicted octanol–water partition coefficient (Wildman–Crippen LogP) is 2.84. The van der Waals surface area contributed by atoms with E-state index in [9.17, 15) is 9.59 Å². The van der Waals surface area contributed by atoms with Crippen molar-refractivity contribution in [1.29, 1.82) is 0 Å². The van der Waals surface area contributed by atoms with E-state index in [1.165, 1.54) is 0 Å². The Hall–Kier alpha value is -3.48. The Labute approximate surface area is 162 Å². The number of ether oxygens (including phenoxy) is 1. The minimum atomic E-state index is -0.534. The van der Waals surface area contributed by atoms with Crippen LogP contribution < -0.4 is 10.1 Å². The molecule has 0 fully saturated rings. The summed E-state index contributed by atoms with van der Waals surface area (Å²) in [6.07, 6.45) is 3.23. The highest BCUT2D eigenvalue weighted by atomic mass is 16.5. The Morgan fingerprint density at radius 2 is 2.18 bits per heavy atom. The second kappa shape index (κ2) is 7.26. The highest BCUT2D eigenvalue weighted by Gasteiger charge is 2.43. The number of urea groups is 1. The fourth-order valence-electron chi connectivity index (χ4n) is 3.66. The van der Waals surface area contributed by atoms with Crippen molar-refractivity contribution < 1.29 is 18.7 Å². The van der Waals surface area contributed by atoms with Gasteiger partial charge in [-0.1, -0.05) is 18.2 Å². The molecule has 0 radical (unpaired) electrons. The van der Waals surface area contributed by atoms with Crippen LogP contribution in [0.3, 0.4) is 0 Å². The van der Waals surface area contributed by atoms with E-state index in [0.29, 0.717) is 42.4 Å². The highest BCUT2D eigenvalue weighted by molar-refractivity contribution is 6.01. The van der Waals surface area contributed by atoms with Crippen LogP contribution in [-0.2, 0) is 11.3 Å². The van der Waals surface area contributed by atoms with E-state index in [1.54, 1.807) is 35.3 Å². The first-order valence-electron chi connectivity index (χ1n) is 9.00. The van der Waals surface area contributed by atoms with E-state index in [2.05, 4.69) is 11.9 Å². The topological polar surface area (TPSA) is 75.0 Å². The smallest absolute Gasteiger partial charge is 0.322 e. The van der Waals surface area contributed by atoms with Crippen LogP contribution in [0.25, 0.3) is 0 Å². The molecule has 0 spiro atoms. The van der Waals surface area contributed by atoms with Gasteiger partial charge in [-0.05, 0) is 29.8 Å². The van der Waals surface area contributed by atoms with Gasteiger partial charge in [0.05, 0.1) is 43.8 Å². The lowest BCUT2D eigenvalue weighted by atomic mass is 9.95. The molecule has 3 heterocycles. The van der Waals surface area contributed by atoms with E-state index in [-0.39, 0.29) is 11.9 Å². The average molecular weight is 379 g/mol. The maximum atomic E-state index is 13.3. The maximum absolute atomic E-state index is 13.3. The first-order valence-corrected chi connectivity index (χ1v) is 9.00. The van der Waals surface area contributed by atoms with Crippen molar-refractivity contribution in [3.05, 3.63) is 77.9 Å². The second-order valence-electron chi connectivity index (χ2n) is 6.66. The van der Waals surface area contributed by atoms with Crippen LogP contribution in [-0.4, -0.2) is 41.9 Å². The highest BCUT2D eigenvalue weighted by Crippen LogP contribution is 2.37. The molecule has 7 heteroatoms. The third-order valence-corrected chi connectivity index (χ3v) is 4.96. The molecule has 2 aliphatic rings. The second-order valence-corrected chi connectivity index (χ2v) is 6.66. The Bertz CT molecular complexity index is 948. The third-order valence-electron chi connectivity index (χ3n) is 4.96. The van der Waals surface area contributed by atoms with Gasteiger partial charge in [-0.2, -0.15) is 0 Å². The lowest BCUT2D eigenvalue weighted by molar-refractivity contribution is -0.126. The predicted molar refractivity (Wildman–Crippen MR) is 102 cm³/mol. The van der Waals surface area contributed by atoms with Crippen molar-refractivity contribution in [3.63, 3.8) is 0 Å². The molecular formula is C21H21N3O4. The Balaban J connectivity index is 1.73. The monoisotopic (exact) mass is 379 g/mol. The molecule has 0 saturated carbocycles. The van der Waals surface area contributed by atoms with Crippen LogP contribution in [0.15, 0.2) is 71.0 Å². The van der Waals surface area contributed by atoms with E-state index in [4.69, 9.17) is 9.15 Å². The van der Waals surface area contributed by atoms with Crippen molar-refractivity contribution in [2.24, 2.45) is 0 Å².